The Kier molecular flexibility index (Phi) is 7.60. The number of hydrogen-bond acceptors (Lipinski definition) is 11. The van der Waals surface area contributed by atoms with Crippen molar-refractivity contribution in [3.8, 4) is 11.8 Å². The Morgan fingerprint density at radius 3 is 2.81 bits per heavy atom. The first-order valence-corrected chi connectivity index (χ1v) is 11.1. The summed E-state index contributed by atoms with van der Waals surface area (Å²) < 4.78 is 43.1. The maximum absolute atomic E-state index is 12.8. The largest absolute Gasteiger partial charge is 0.507 e. The lowest BCUT2D eigenvalue weighted by Gasteiger charge is -2.35. The van der Waals surface area contributed by atoms with Crippen LogP contribution in [0.5, 0.6) is 11.8 Å². The van der Waals surface area contributed by atoms with E-state index in [0.717, 1.165) is 49.4 Å². The number of piperidine rings is 1. The molecule has 15 heteroatoms. The van der Waals surface area contributed by atoms with Gasteiger partial charge in [-0.2, -0.15) is 33.2 Å². The maximum atomic E-state index is 12.8. The number of benzene rings is 1. The van der Waals surface area contributed by atoms with Gasteiger partial charge in [0.2, 0.25) is 5.95 Å². The van der Waals surface area contributed by atoms with Gasteiger partial charge in [0, 0.05) is 30.4 Å². The molecule has 2 N–H and O–H groups in total. The van der Waals surface area contributed by atoms with Gasteiger partial charge in [0.05, 0.1) is 22.9 Å². The second-order valence-electron chi connectivity index (χ2n) is 7.98. The average Bonchev–Trinajstić information content (AvgIpc) is 2.88. The maximum Gasteiger partial charge on any atom is 0.422 e. The number of hydrazone groups is 1. The first kappa shape index (κ1) is 25.5. The fourth-order valence-corrected chi connectivity index (χ4v) is 3.71. The number of nitrogens with one attached hydrogen (secondary N) is 1. The highest BCUT2D eigenvalue weighted by Crippen LogP contribution is 2.33. The molecule has 3 heterocycles. The van der Waals surface area contributed by atoms with Gasteiger partial charge in [-0.05, 0) is 37.5 Å². The SMILES string of the molecule is O=[N+]([O-])c1ccc(O)c(C=NNc2nc(OCC(F)(F)F)nc(N3CCCCC3c3ccccn3)n2)c1. The molecule has 1 atom stereocenters. The average molecular weight is 518 g/mol. The molecular formula is C22H21F3N8O4. The third-order valence-electron chi connectivity index (χ3n) is 5.35. The molecule has 194 valence electrons. The van der Waals surface area contributed by atoms with E-state index in [-0.39, 0.29) is 34.9 Å². The Hall–Kier alpha value is -4.56. The molecule has 0 radical (unpaired) electrons. The number of rotatable bonds is 8. The fourth-order valence-electron chi connectivity index (χ4n) is 3.71. The van der Waals surface area contributed by atoms with Crippen LogP contribution in [0.3, 0.4) is 0 Å². The summed E-state index contributed by atoms with van der Waals surface area (Å²) in [5.74, 6) is -0.430. The van der Waals surface area contributed by atoms with Crippen LogP contribution in [0.4, 0.5) is 30.8 Å². The number of hydrogen-bond donors (Lipinski definition) is 2. The summed E-state index contributed by atoms with van der Waals surface area (Å²) in [6.07, 6.45) is 0.579. The van der Waals surface area contributed by atoms with Crippen molar-refractivity contribution < 1.29 is 27.9 Å². The molecule has 0 aliphatic carbocycles. The van der Waals surface area contributed by atoms with E-state index in [1.54, 1.807) is 12.3 Å². The van der Waals surface area contributed by atoms with E-state index in [1.165, 1.54) is 0 Å². The number of phenols is 1. The molecule has 1 saturated heterocycles. The number of alkyl halides is 3. The highest BCUT2D eigenvalue weighted by molar-refractivity contribution is 5.84. The molecule has 3 aromatic rings. The molecule has 1 unspecified atom stereocenters. The number of anilines is 2. The molecule has 1 aliphatic rings. The van der Waals surface area contributed by atoms with Gasteiger partial charge in [-0.3, -0.25) is 15.1 Å². The normalized spacial score (nSPS) is 16.1. The van der Waals surface area contributed by atoms with Crippen LogP contribution in [0.15, 0.2) is 47.7 Å². The van der Waals surface area contributed by atoms with E-state index in [2.05, 4.69) is 30.5 Å². The van der Waals surface area contributed by atoms with Crippen molar-refractivity contribution in [2.75, 3.05) is 23.5 Å². The van der Waals surface area contributed by atoms with E-state index in [9.17, 15) is 28.4 Å². The standard InChI is InChI=1S/C22H21F3N8O4/c23-22(24,25)13-37-21-29-19(31-27-12-14-11-15(33(35)36)7-8-18(14)34)28-20(30-21)32-10-4-2-6-17(32)16-5-1-3-9-26-16/h1,3,5,7-9,11-12,17,34H,2,4,6,10,13H2,(H,28,29,30,31). The van der Waals surface area contributed by atoms with Crippen molar-refractivity contribution in [1.29, 1.82) is 0 Å². The Labute approximate surface area is 208 Å². The van der Waals surface area contributed by atoms with Gasteiger partial charge < -0.3 is 14.7 Å². The second-order valence-corrected chi connectivity index (χ2v) is 7.98. The first-order valence-electron chi connectivity index (χ1n) is 11.1. The third kappa shape index (κ3) is 6.77. The van der Waals surface area contributed by atoms with Crippen molar-refractivity contribution in [3.05, 3.63) is 64.0 Å². The summed E-state index contributed by atoms with van der Waals surface area (Å²) in [6.45, 7) is -1.08. The van der Waals surface area contributed by atoms with Crippen LogP contribution in [-0.2, 0) is 0 Å². The molecule has 1 aliphatic heterocycles. The summed E-state index contributed by atoms with van der Waals surface area (Å²) in [7, 11) is 0. The number of nitro benzene ring substituents is 1. The predicted octanol–water partition coefficient (Wildman–Crippen LogP) is 4.00. The zero-order chi connectivity index (χ0) is 26.4. The van der Waals surface area contributed by atoms with Gasteiger partial charge in [-0.25, -0.2) is 5.43 Å². The molecule has 0 amide bonds. The highest BCUT2D eigenvalue weighted by atomic mass is 19.4. The minimum atomic E-state index is -4.61. The van der Waals surface area contributed by atoms with E-state index >= 15 is 0 Å². The fraction of sp³-hybridized carbons (Fsp3) is 0.318. The van der Waals surface area contributed by atoms with Gasteiger partial charge in [0.25, 0.3) is 11.6 Å². The van der Waals surface area contributed by atoms with Gasteiger partial charge in [0.1, 0.15) is 5.75 Å². The van der Waals surface area contributed by atoms with Gasteiger partial charge in [-0.1, -0.05) is 6.07 Å². The lowest BCUT2D eigenvalue weighted by molar-refractivity contribution is -0.384. The molecule has 1 fully saturated rings. The second kappa shape index (κ2) is 11.0. The molecule has 0 saturated carbocycles. The monoisotopic (exact) mass is 518 g/mol. The Morgan fingerprint density at radius 1 is 1.24 bits per heavy atom. The van der Waals surface area contributed by atoms with E-state index < -0.39 is 23.7 Å². The number of halogens is 3. The molecule has 2 aromatic heterocycles. The quantitative estimate of drug-likeness (QED) is 0.254. The summed E-state index contributed by atoms with van der Waals surface area (Å²) in [5.41, 5.74) is 2.98. The lowest BCUT2D eigenvalue weighted by Crippen LogP contribution is -2.35. The summed E-state index contributed by atoms with van der Waals surface area (Å²) in [4.78, 5) is 28.8. The van der Waals surface area contributed by atoms with Crippen molar-refractivity contribution in [2.24, 2.45) is 5.10 Å². The van der Waals surface area contributed by atoms with Gasteiger partial charge in [0.15, 0.2) is 6.61 Å². The number of nitrogens with zero attached hydrogens (tertiary/aromatic N) is 7. The molecule has 1 aromatic carbocycles. The first-order chi connectivity index (χ1) is 17.7. The number of aromatic hydroxyl groups is 1. The number of phenolic OH excluding ortho intramolecular Hbond substituents is 1. The van der Waals surface area contributed by atoms with Crippen LogP contribution in [-0.4, -0.2) is 55.5 Å². The van der Waals surface area contributed by atoms with Crippen LogP contribution < -0.4 is 15.1 Å². The summed E-state index contributed by atoms with van der Waals surface area (Å²) in [6, 6.07) is 8.04. The number of non-ortho nitro benzene ring substituents is 1. The number of nitro groups is 1. The third-order valence-corrected chi connectivity index (χ3v) is 5.35. The topological polar surface area (TPSA) is 152 Å². The van der Waals surface area contributed by atoms with E-state index in [4.69, 9.17) is 4.74 Å². The Balaban J connectivity index is 1.63. The number of ether oxygens (including phenoxy) is 1. The minimum Gasteiger partial charge on any atom is -0.507 e. The predicted molar refractivity (Wildman–Crippen MR) is 126 cm³/mol. The molecule has 12 nitrogen and oxygen atoms in total. The Bertz CT molecular complexity index is 1280. The summed E-state index contributed by atoms with van der Waals surface area (Å²) >= 11 is 0. The van der Waals surface area contributed by atoms with Crippen LogP contribution >= 0.6 is 0 Å². The van der Waals surface area contributed by atoms with Crippen LogP contribution in [0.1, 0.15) is 36.6 Å². The van der Waals surface area contributed by atoms with Crippen LogP contribution in [0.25, 0.3) is 0 Å². The van der Waals surface area contributed by atoms with E-state index in [0.29, 0.717) is 6.54 Å². The lowest BCUT2D eigenvalue weighted by atomic mass is 9.99. The van der Waals surface area contributed by atoms with Crippen molar-refractivity contribution in [2.45, 2.75) is 31.5 Å². The number of aromatic nitrogens is 4. The van der Waals surface area contributed by atoms with Crippen LogP contribution in [0, 0.1) is 10.1 Å². The molecule has 4 rings (SSSR count). The molecule has 0 bridgehead atoms. The van der Waals surface area contributed by atoms with Gasteiger partial charge in [-0.15, -0.1) is 0 Å². The number of pyridine rings is 1. The summed E-state index contributed by atoms with van der Waals surface area (Å²) in [5, 5.41) is 24.8. The smallest absolute Gasteiger partial charge is 0.422 e. The minimum absolute atomic E-state index is 0.0239. The van der Waals surface area contributed by atoms with Crippen molar-refractivity contribution in [1.82, 2.24) is 19.9 Å². The van der Waals surface area contributed by atoms with Crippen LogP contribution in [0.2, 0.25) is 0 Å². The molecular weight excluding hydrogens is 497 g/mol. The highest BCUT2D eigenvalue weighted by Gasteiger charge is 2.31. The van der Waals surface area contributed by atoms with Gasteiger partial charge >= 0.3 is 12.2 Å². The zero-order valence-electron chi connectivity index (χ0n) is 19.2. The van der Waals surface area contributed by atoms with Crippen molar-refractivity contribution in [3.63, 3.8) is 0 Å². The van der Waals surface area contributed by atoms with Crippen molar-refractivity contribution >= 4 is 23.8 Å². The Morgan fingerprint density at radius 2 is 2.08 bits per heavy atom. The van der Waals surface area contributed by atoms with E-state index in [1.807, 2.05) is 17.0 Å². The molecule has 0 spiro atoms. The molecule has 37 heavy (non-hydrogen) atoms. The zero-order valence-corrected chi connectivity index (χ0v) is 19.2.